The molecule has 1 unspecified atom stereocenters. The van der Waals surface area contributed by atoms with Crippen molar-refractivity contribution >= 4 is 35.4 Å². The maximum Gasteiger partial charge on any atom is 0.435 e. The molecule has 1 heterocycles. The lowest BCUT2D eigenvalue weighted by molar-refractivity contribution is -0.165. The quantitative estimate of drug-likeness (QED) is 0.335. The van der Waals surface area contributed by atoms with Gasteiger partial charge in [0.25, 0.3) is 5.91 Å². The van der Waals surface area contributed by atoms with Crippen LogP contribution in [0.15, 0.2) is 34.3 Å². The van der Waals surface area contributed by atoms with Gasteiger partial charge in [-0.15, -0.1) is 11.8 Å². The summed E-state index contributed by atoms with van der Waals surface area (Å²) in [7, 11) is 1.19. The Morgan fingerprint density at radius 2 is 1.86 bits per heavy atom. The first kappa shape index (κ1) is 22.7. The summed E-state index contributed by atoms with van der Waals surface area (Å²) < 4.78 is 9.80. The number of carbonyl (C=O) groups is 3. The maximum absolute atomic E-state index is 13.1. The maximum atomic E-state index is 13.1. The van der Waals surface area contributed by atoms with E-state index in [1.54, 1.807) is 32.9 Å². The number of hydroxylamine groups is 2. The van der Waals surface area contributed by atoms with Crippen molar-refractivity contribution in [1.82, 2.24) is 10.1 Å². The van der Waals surface area contributed by atoms with Crippen molar-refractivity contribution < 1.29 is 29.1 Å². The Morgan fingerprint density at radius 3 is 2.34 bits per heavy atom. The van der Waals surface area contributed by atoms with Crippen molar-refractivity contribution in [2.45, 2.75) is 43.7 Å². The second kappa shape index (κ2) is 8.42. The second-order valence-electron chi connectivity index (χ2n) is 7.48. The van der Waals surface area contributed by atoms with E-state index in [1.807, 2.05) is 18.4 Å². The van der Waals surface area contributed by atoms with E-state index in [1.165, 1.54) is 25.8 Å². The number of rotatable bonds is 5. The summed E-state index contributed by atoms with van der Waals surface area (Å²) in [6.07, 6.45) is 0.813. The van der Waals surface area contributed by atoms with E-state index in [-0.39, 0.29) is 10.8 Å². The lowest BCUT2D eigenvalue weighted by Gasteiger charge is -2.33. The number of nitrogens with zero attached hydrogens (tertiary/aromatic N) is 3. The Labute approximate surface area is 173 Å². The molecule has 0 bridgehead atoms. The normalized spacial score (nSPS) is 19.1. The molecule has 2 amide bonds. The number of hydrazone groups is 1. The highest BCUT2D eigenvalue weighted by atomic mass is 32.2. The van der Waals surface area contributed by atoms with Crippen LogP contribution in [0.4, 0.5) is 4.79 Å². The Hall–Kier alpha value is -2.59. The van der Waals surface area contributed by atoms with Gasteiger partial charge in [0.15, 0.2) is 5.54 Å². The minimum absolute atomic E-state index is 0.104. The van der Waals surface area contributed by atoms with Crippen LogP contribution in [0.25, 0.3) is 0 Å². The van der Waals surface area contributed by atoms with E-state index in [0.717, 1.165) is 9.90 Å². The van der Waals surface area contributed by atoms with E-state index in [0.29, 0.717) is 5.56 Å². The molecule has 0 radical (unpaired) electrons. The predicted molar refractivity (Wildman–Crippen MR) is 107 cm³/mol. The number of amides is 2. The fourth-order valence-electron chi connectivity index (χ4n) is 2.68. The highest BCUT2D eigenvalue weighted by Crippen LogP contribution is 2.31. The van der Waals surface area contributed by atoms with Gasteiger partial charge in [-0.1, -0.05) is 12.1 Å². The van der Waals surface area contributed by atoms with E-state index in [4.69, 9.17) is 4.74 Å². The highest BCUT2D eigenvalue weighted by molar-refractivity contribution is 7.98. The van der Waals surface area contributed by atoms with Crippen molar-refractivity contribution in [1.29, 1.82) is 0 Å². The zero-order valence-corrected chi connectivity index (χ0v) is 18.1. The molecule has 1 N–H and O–H groups in total. The van der Waals surface area contributed by atoms with Gasteiger partial charge in [0.05, 0.1) is 7.11 Å². The van der Waals surface area contributed by atoms with Crippen molar-refractivity contribution in [2.75, 3.05) is 19.9 Å². The Morgan fingerprint density at radius 1 is 1.28 bits per heavy atom. The van der Waals surface area contributed by atoms with Crippen molar-refractivity contribution in [2.24, 2.45) is 5.10 Å². The van der Waals surface area contributed by atoms with Gasteiger partial charge in [-0.25, -0.2) is 9.80 Å². The lowest BCUT2D eigenvalue weighted by atomic mass is 9.90. The van der Waals surface area contributed by atoms with E-state index in [9.17, 15) is 19.6 Å². The van der Waals surface area contributed by atoms with E-state index >= 15 is 0 Å². The molecule has 10 heteroatoms. The van der Waals surface area contributed by atoms with Gasteiger partial charge in [-0.05, 0) is 46.1 Å². The molecule has 0 fully saturated rings. The van der Waals surface area contributed by atoms with Gasteiger partial charge in [0.2, 0.25) is 0 Å². The molecule has 0 saturated heterocycles. The number of carbonyl (C=O) groups excluding carboxylic acids is 3. The summed E-state index contributed by atoms with van der Waals surface area (Å²) >= 11 is 1.54. The van der Waals surface area contributed by atoms with Gasteiger partial charge >= 0.3 is 12.1 Å². The summed E-state index contributed by atoms with van der Waals surface area (Å²) in [6, 6.07) is 7.10. The molecular formula is C19H25N3O6S. The third-order valence-corrected chi connectivity index (χ3v) is 4.94. The largest absolute Gasteiger partial charge is 0.468 e. The molecule has 2 rings (SSSR count). The van der Waals surface area contributed by atoms with E-state index < -0.39 is 35.7 Å². The number of thioether (sulfide) groups is 1. The van der Waals surface area contributed by atoms with Gasteiger partial charge in [0.1, 0.15) is 17.9 Å². The van der Waals surface area contributed by atoms with Crippen LogP contribution in [0.1, 0.15) is 33.3 Å². The molecular weight excluding hydrogens is 398 g/mol. The van der Waals surface area contributed by atoms with Gasteiger partial charge in [0, 0.05) is 10.5 Å². The monoisotopic (exact) mass is 423 g/mol. The average molecular weight is 423 g/mol. The molecule has 158 valence electrons. The minimum Gasteiger partial charge on any atom is -0.468 e. The third kappa shape index (κ3) is 4.70. The molecule has 1 aliphatic heterocycles. The summed E-state index contributed by atoms with van der Waals surface area (Å²) in [5.74, 6) is -1.45. The van der Waals surface area contributed by atoms with Crippen LogP contribution in [0.3, 0.4) is 0 Å². The van der Waals surface area contributed by atoms with Gasteiger partial charge in [-0.2, -0.15) is 10.2 Å². The van der Waals surface area contributed by atoms with Crippen LogP contribution in [0.5, 0.6) is 0 Å². The van der Waals surface area contributed by atoms with Gasteiger partial charge < -0.3 is 9.47 Å². The zero-order valence-electron chi connectivity index (χ0n) is 17.3. The van der Waals surface area contributed by atoms with Crippen LogP contribution < -0.4 is 0 Å². The van der Waals surface area contributed by atoms with Crippen molar-refractivity contribution in [3.05, 3.63) is 29.8 Å². The van der Waals surface area contributed by atoms with Crippen LogP contribution in [0.2, 0.25) is 0 Å². The first-order chi connectivity index (χ1) is 13.4. The Kier molecular flexibility index (Phi) is 6.59. The van der Waals surface area contributed by atoms with Crippen LogP contribution in [-0.4, -0.2) is 70.0 Å². The summed E-state index contributed by atoms with van der Waals surface area (Å²) in [5, 5.41) is 16.0. The average Bonchev–Trinajstić information content (AvgIpc) is 2.91. The summed E-state index contributed by atoms with van der Waals surface area (Å²) in [5.41, 5.74) is -2.17. The molecule has 0 spiro atoms. The first-order valence-corrected chi connectivity index (χ1v) is 10.0. The molecule has 1 aliphatic rings. The minimum atomic E-state index is -1.89. The van der Waals surface area contributed by atoms with Gasteiger partial charge in [-0.3, -0.25) is 14.8 Å². The van der Waals surface area contributed by atoms with Crippen molar-refractivity contribution in [3.8, 4) is 0 Å². The number of esters is 1. The molecule has 0 saturated carbocycles. The lowest BCUT2D eigenvalue weighted by Crippen LogP contribution is -2.59. The Balaban J connectivity index is 2.49. The highest BCUT2D eigenvalue weighted by Gasteiger charge is 2.55. The first-order valence-electron chi connectivity index (χ1n) is 8.78. The van der Waals surface area contributed by atoms with Crippen LogP contribution in [0, 0.1) is 0 Å². The molecule has 29 heavy (non-hydrogen) atoms. The smallest absolute Gasteiger partial charge is 0.435 e. The van der Waals surface area contributed by atoms with Crippen molar-refractivity contribution in [3.63, 3.8) is 0 Å². The van der Waals surface area contributed by atoms with E-state index in [2.05, 4.69) is 9.84 Å². The third-order valence-electron chi connectivity index (χ3n) is 4.19. The predicted octanol–water partition coefficient (Wildman–Crippen LogP) is 2.51. The molecule has 9 nitrogen and oxygen atoms in total. The number of ether oxygens (including phenoxy) is 2. The summed E-state index contributed by atoms with van der Waals surface area (Å²) in [6.45, 7) is 5.79. The number of benzene rings is 1. The molecule has 1 atom stereocenters. The number of hydrogen-bond donors (Lipinski definition) is 1. The molecule has 1 aromatic carbocycles. The molecule has 1 aromatic rings. The SMILES string of the molecule is COC(=O)CN1N=C(c2ccc(SC)cc2)C(C)(N(O)C(=O)OC(C)(C)C)C1=O. The summed E-state index contributed by atoms with van der Waals surface area (Å²) in [4.78, 5) is 38.3. The topological polar surface area (TPSA) is 109 Å². The zero-order chi connectivity index (χ0) is 22.0. The van der Waals surface area contributed by atoms with Crippen LogP contribution in [-0.2, 0) is 19.1 Å². The Bertz CT molecular complexity index is 833. The fourth-order valence-corrected chi connectivity index (χ4v) is 3.08. The molecule has 0 aromatic heterocycles. The van der Waals surface area contributed by atoms with Crippen LogP contribution >= 0.6 is 11.8 Å². The standard InChI is InChI=1S/C19H25N3O6S/c1-18(2,3)28-17(25)22(26)19(4)15(12-7-9-13(29-6)10-8-12)20-21(16(19)24)11-14(23)27-5/h7-10,26H,11H2,1-6H3. The fraction of sp³-hybridized carbons (Fsp3) is 0.474. The number of hydrogen-bond acceptors (Lipinski definition) is 8. The number of methoxy groups -OCH3 is 1. The second-order valence-corrected chi connectivity index (χ2v) is 8.36. The molecule has 0 aliphatic carbocycles.